The summed E-state index contributed by atoms with van der Waals surface area (Å²) in [5.74, 6) is -1.69. The molecule has 0 spiro atoms. The molecule has 26 heavy (non-hydrogen) atoms. The minimum absolute atomic E-state index is 0.00439. The molecular weight excluding hydrogens is 343 g/mol. The Balaban J connectivity index is 2.00. The van der Waals surface area contributed by atoms with Crippen molar-refractivity contribution in [1.82, 2.24) is 4.57 Å². The first-order chi connectivity index (χ1) is 12.4. The number of aromatic carboxylic acids is 1. The van der Waals surface area contributed by atoms with Gasteiger partial charge in [0.15, 0.2) is 11.6 Å². The maximum absolute atomic E-state index is 14.9. The summed E-state index contributed by atoms with van der Waals surface area (Å²) in [6, 6.07) is 0.913. The van der Waals surface area contributed by atoms with Crippen LogP contribution in [0, 0.1) is 5.82 Å². The monoisotopic (exact) mass is 362 g/mol. The molecule has 0 bridgehead atoms. The maximum Gasteiger partial charge on any atom is 0.341 e. The average Bonchev–Trinajstić information content (AvgIpc) is 2.60. The van der Waals surface area contributed by atoms with E-state index in [1.54, 1.807) is 4.57 Å². The normalized spacial score (nSPS) is 20.3. The number of carboxylic acid groups (broad SMARTS) is 1. The predicted octanol–water partition coefficient (Wildman–Crippen LogP) is 1.75. The highest BCUT2D eigenvalue weighted by Gasteiger charge is 2.31. The van der Waals surface area contributed by atoms with Crippen molar-refractivity contribution >= 4 is 22.6 Å². The van der Waals surface area contributed by atoms with Crippen LogP contribution in [0.5, 0.6) is 5.75 Å². The number of anilines is 1. The van der Waals surface area contributed by atoms with Crippen LogP contribution in [-0.2, 0) is 0 Å². The molecule has 4 rings (SSSR count). The lowest BCUT2D eigenvalue weighted by Crippen LogP contribution is -2.37. The molecule has 3 heterocycles. The van der Waals surface area contributed by atoms with Gasteiger partial charge in [0, 0.05) is 19.3 Å². The van der Waals surface area contributed by atoms with E-state index in [1.807, 2.05) is 11.8 Å². The second-order valence-corrected chi connectivity index (χ2v) is 6.89. The highest BCUT2D eigenvalue weighted by atomic mass is 19.1. The van der Waals surface area contributed by atoms with Gasteiger partial charge in [-0.15, -0.1) is 0 Å². The number of piperidine rings is 1. The van der Waals surface area contributed by atoms with Crippen molar-refractivity contribution in [3.63, 3.8) is 0 Å². The van der Waals surface area contributed by atoms with Crippen LogP contribution in [-0.4, -0.2) is 46.5 Å². The number of benzene rings is 1. The van der Waals surface area contributed by atoms with Crippen LogP contribution < -0.4 is 15.1 Å². The number of ether oxygens (including phenoxy) is 1. The van der Waals surface area contributed by atoms with Crippen molar-refractivity contribution in [3.8, 4) is 5.75 Å². The van der Waals surface area contributed by atoms with E-state index >= 15 is 0 Å². The molecule has 7 nitrogen and oxygen atoms in total. The van der Waals surface area contributed by atoms with Crippen LogP contribution in [0.2, 0.25) is 0 Å². The fourth-order valence-electron chi connectivity index (χ4n) is 3.75. The number of carboxylic acids is 1. The minimum Gasteiger partial charge on any atom is -0.487 e. The standard InChI is InChI=1S/C18H19FN2O5/c1-9-8-26-17-14-11(16(23)12(18(24)25)7-21(9)14)6-13(19)15(17)20-4-2-10(22)3-5-20/h6-7,9-10,22H,2-5,8H2,1H3,(H,24,25)/t9-/m0/s1. The van der Waals surface area contributed by atoms with Gasteiger partial charge in [-0.25, -0.2) is 9.18 Å². The molecule has 1 atom stereocenters. The molecule has 138 valence electrons. The number of hydrogen-bond donors (Lipinski definition) is 2. The van der Waals surface area contributed by atoms with Crippen molar-refractivity contribution in [1.29, 1.82) is 0 Å². The zero-order valence-corrected chi connectivity index (χ0v) is 14.2. The second-order valence-electron chi connectivity index (χ2n) is 6.89. The van der Waals surface area contributed by atoms with E-state index in [4.69, 9.17) is 4.74 Å². The Kier molecular flexibility index (Phi) is 3.87. The molecule has 2 aliphatic rings. The first-order valence-electron chi connectivity index (χ1n) is 8.59. The SMILES string of the molecule is C[C@H]1COc2c(N3CCC(O)CC3)c(F)cc3c(=O)c(C(=O)O)cn1c23. The van der Waals surface area contributed by atoms with Gasteiger partial charge in [0.25, 0.3) is 0 Å². The van der Waals surface area contributed by atoms with Crippen molar-refractivity contribution < 1.29 is 24.1 Å². The number of rotatable bonds is 2. The third kappa shape index (κ3) is 2.44. The summed E-state index contributed by atoms with van der Waals surface area (Å²) in [6.07, 6.45) is 1.96. The molecule has 2 N–H and O–H groups in total. The number of halogens is 1. The molecule has 8 heteroatoms. The van der Waals surface area contributed by atoms with Crippen molar-refractivity contribution in [2.45, 2.75) is 31.9 Å². The molecular formula is C18H19FN2O5. The van der Waals surface area contributed by atoms with E-state index in [0.717, 1.165) is 6.07 Å². The maximum atomic E-state index is 14.9. The fraction of sp³-hybridized carbons (Fsp3) is 0.444. The highest BCUT2D eigenvalue weighted by Crippen LogP contribution is 2.42. The Morgan fingerprint density at radius 3 is 2.69 bits per heavy atom. The van der Waals surface area contributed by atoms with Gasteiger partial charge in [0.2, 0.25) is 5.43 Å². The van der Waals surface area contributed by atoms with Gasteiger partial charge in [-0.1, -0.05) is 0 Å². The van der Waals surface area contributed by atoms with E-state index in [-0.39, 0.29) is 35.0 Å². The van der Waals surface area contributed by atoms with Crippen LogP contribution in [0.4, 0.5) is 10.1 Å². The summed E-state index contributed by atoms with van der Waals surface area (Å²) in [4.78, 5) is 25.8. The fourth-order valence-corrected chi connectivity index (χ4v) is 3.75. The summed E-state index contributed by atoms with van der Waals surface area (Å²) >= 11 is 0. The molecule has 0 unspecified atom stereocenters. The lowest BCUT2D eigenvalue weighted by Gasteiger charge is -2.35. The topological polar surface area (TPSA) is 92.0 Å². The summed E-state index contributed by atoms with van der Waals surface area (Å²) < 4.78 is 22.4. The number of aliphatic hydroxyl groups is 1. The molecule has 1 aromatic carbocycles. The number of carbonyl (C=O) groups is 1. The molecule has 1 saturated heterocycles. The van der Waals surface area contributed by atoms with E-state index in [0.29, 0.717) is 31.4 Å². The van der Waals surface area contributed by atoms with E-state index in [1.165, 1.54) is 6.20 Å². The lowest BCUT2D eigenvalue weighted by atomic mass is 10.0. The quantitative estimate of drug-likeness (QED) is 0.846. The number of aliphatic hydroxyl groups excluding tert-OH is 1. The Labute approximate surface area is 148 Å². The smallest absolute Gasteiger partial charge is 0.341 e. The van der Waals surface area contributed by atoms with Crippen LogP contribution in [0.3, 0.4) is 0 Å². The Bertz CT molecular complexity index is 962. The minimum atomic E-state index is -1.34. The van der Waals surface area contributed by atoms with Gasteiger partial charge in [-0.2, -0.15) is 0 Å². The largest absolute Gasteiger partial charge is 0.487 e. The summed E-state index contributed by atoms with van der Waals surface area (Å²) in [5.41, 5.74) is -0.415. The zero-order valence-electron chi connectivity index (χ0n) is 14.2. The molecule has 0 aliphatic carbocycles. The van der Waals surface area contributed by atoms with Crippen LogP contribution in [0.15, 0.2) is 17.1 Å². The third-order valence-corrected chi connectivity index (χ3v) is 5.15. The number of aromatic nitrogens is 1. The molecule has 0 amide bonds. The van der Waals surface area contributed by atoms with Crippen LogP contribution in [0.1, 0.15) is 36.2 Å². The van der Waals surface area contributed by atoms with Crippen molar-refractivity contribution in [2.24, 2.45) is 0 Å². The third-order valence-electron chi connectivity index (χ3n) is 5.15. The Morgan fingerprint density at radius 2 is 2.04 bits per heavy atom. The average molecular weight is 362 g/mol. The van der Waals surface area contributed by atoms with E-state index in [9.17, 15) is 24.2 Å². The summed E-state index contributed by atoms with van der Waals surface area (Å²) in [6.45, 7) is 3.05. The molecule has 0 saturated carbocycles. The number of pyridine rings is 1. The number of hydrogen-bond acceptors (Lipinski definition) is 5. The zero-order chi connectivity index (χ0) is 18.6. The number of nitrogens with zero attached hydrogens (tertiary/aromatic N) is 2. The van der Waals surface area contributed by atoms with Crippen molar-refractivity contribution in [2.75, 3.05) is 24.6 Å². The predicted molar refractivity (Wildman–Crippen MR) is 92.8 cm³/mol. The first-order valence-corrected chi connectivity index (χ1v) is 8.59. The van der Waals surface area contributed by atoms with Gasteiger partial charge in [-0.3, -0.25) is 4.79 Å². The van der Waals surface area contributed by atoms with E-state index < -0.39 is 23.3 Å². The van der Waals surface area contributed by atoms with E-state index in [2.05, 4.69) is 0 Å². The second kappa shape index (κ2) is 5.98. The van der Waals surface area contributed by atoms with Gasteiger partial charge in [0.1, 0.15) is 17.9 Å². The molecule has 1 fully saturated rings. The molecule has 2 aliphatic heterocycles. The molecule has 1 aromatic heterocycles. The Morgan fingerprint density at radius 1 is 1.35 bits per heavy atom. The van der Waals surface area contributed by atoms with Gasteiger partial charge in [-0.05, 0) is 25.8 Å². The molecule has 0 radical (unpaired) electrons. The van der Waals surface area contributed by atoms with Crippen LogP contribution in [0.25, 0.3) is 10.9 Å². The van der Waals surface area contributed by atoms with Gasteiger partial charge < -0.3 is 24.4 Å². The lowest BCUT2D eigenvalue weighted by molar-refractivity contribution is 0.0694. The van der Waals surface area contributed by atoms with Crippen molar-refractivity contribution in [3.05, 3.63) is 33.9 Å². The van der Waals surface area contributed by atoms with Gasteiger partial charge in [0.05, 0.1) is 23.0 Å². The van der Waals surface area contributed by atoms with Gasteiger partial charge >= 0.3 is 5.97 Å². The summed E-state index contributed by atoms with van der Waals surface area (Å²) in [5, 5.41) is 19.0. The molecule has 2 aromatic rings. The summed E-state index contributed by atoms with van der Waals surface area (Å²) in [7, 11) is 0. The highest BCUT2D eigenvalue weighted by molar-refractivity contribution is 5.97. The Hall–Kier alpha value is -2.61. The first kappa shape index (κ1) is 16.8. The van der Waals surface area contributed by atoms with Crippen LogP contribution >= 0.6 is 0 Å².